The standard InChI is InChI=1S/C52H52N3/c1-12-52(13-2)30(3)31-22-23-42(54-41-21-17-15-19-33(41)36-26-35-32-18-14-16-20-37(32)48(4,5)38(35)27-43(36)54)34-24-25-53-44-28-39-40(29-45(44)55(52)47(53)46(31)34)50(8,9)51(10,11)49(39,6)7/h14-29H,3,12-13H2,1-2,4-11H3/q+1. The lowest BCUT2D eigenvalue weighted by molar-refractivity contribution is -0.703. The van der Waals surface area contributed by atoms with E-state index in [1.807, 2.05) is 0 Å². The maximum Gasteiger partial charge on any atom is 0.296 e. The Morgan fingerprint density at radius 1 is 0.582 bits per heavy atom. The quantitative estimate of drug-likeness (QED) is 0.161. The van der Waals surface area contributed by atoms with Crippen LogP contribution < -0.4 is 4.57 Å². The molecule has 3 aromatic heterocycles. The second-order valence-electron chi connectivity index (χ2n) is 19.2. The second-order valence-corrected chi connectivity index (χ2v) is 19.2. The Kier molecular flexibility index (Phi) is 6.03. The number of fused-ring (bicyclic) bond motifs is 10. The third-order valence-electron chi connectivity index (χ3n) is 16.5. The Morgan fingerprint density at radius 2 is 1.25 bits per heavy atom. The lowest BCUT2D eigenvalue weighted by atomic mass is 9.59. The van der Waals surface area contributed by atoms with Crippen LogP contribution in [0.2, 0.25) is 0 Å². The van der Waals surface area contributed by atoms with E-state index >= 15 is 0 Å². The van der Waals surface area contributed by atoms with Crippen molar-refractivity contribution in [3.63, 3.8) is 0 Å². The summed E-state index contributed by atoms with van der Waals surface area (Å²) in [6.45, 7) is 29.2. The summed E-state index contributed by atoms with van der Waals surface area (Å²) in [4.78, 5) is 0. The Bertz CT molecular complexity index is 3080. The minimum Gasteiger partial charge on any atom is -0.309 e. The summed E-state index contributed by atoms with van der Waals surface area (Å²) >= 11 is 0. The zero-order valence-electron chi connectivity index (χ0n) is 34.2. The highest BCUT2D eigenvalue weighted by molar-refractivity contribution is 6.14. The molecular formula is C52H52N3+. The van der Waals surface area contributed by atoms with Crippen LogP contribution >= 0.6 is 0 Å². The number of hydrogen-bond acceptors (Lipinski definition) is 0. The van der Waals surface area contributed by atoms with E-state index in [9.17, 15) is 0 Å². The summed E-state index contributed by atoms with van der Waals surface area (Å²) in [7, 11) is 0. The number of allylic oxidation sites excluding steroid dienone is 1. The number of aromatic nitrogens is 3. The molecule has 5 aromatic carbocycles. The van der Waals surface area contributed by atoms with Gasteiger partial charge in [-0.2, -0.15) is 4.40 Å². The van der Waals surface area contributed by atoms with E-state index in [2.05, 4.69) is 180 Å². The predicted octanol–water partition coefficient (Wildman–Crippen LogP) is 13.1. The fourth-order valence-corrected chi connectivity index (χ4v) is 12.0. The molecule has 55 heavy (non-hydrogen) atoms. The van der Waals surface area contributed by atoms with Gasteiger partial charge in [-0.1, -0.05) is 124 Å². The van der Waals surface area contributed by atoms with Gasteiger partial charge in [0.05, 0.1) is 28.3 Å². The van der Waals surface area contributed by atoms with E-state index in [1.54, 1.807) is 0 Å². The highest BCUT2D eigenvalue weighted by atomic mass is 15.2. The SMILES string of the molecule is C=C1c2ccc(-n3c4ccccc4c4cc5c(cc43)C(C)(C)c3ccccc3-5)c3ccn4c5cc6c(cc5[n+](c4c23)C1(CC)CC)C(C)(C)C(C)(C)C6(C)C. The van der Waals surface area contributed by atoms with Crippen molar-refractivity contribution in [2.24, 2.45) is 5.41 Å². The molecule has 0 saturated carbocycles. The largest absolute Gasteiger partial charge is 0.309 e. The van der Waals surface area contributed by atoms with Crippen LogP contribution in [0, 0.1) is 5.41 Å². The van der Waals surface area contributed by atoms with Crippen molar-refractivity contribution in [3.8, 4) is 16.8 Å². The molecule has 0 unspecified atom stereocenters. The number of hydrogen-bond donors (Lipinski definition) is 0. The lowest BCUT2D eigenvalue weighted by Gasteiger charge is -2.44. The highest BCUT2D eigenvalue weighted by Crippen LogP contribution is 2.62. The molecule has 0 radical (unpaired) electrons. The number of pyridine rings is 1. The van der Waals surface area contributed by atoms with E-state index in [1.165, 1.54) is 99.5 Å². The van der Waals surface area contributed by atoms with Crippen LogP contribution in [0.3, 0.4) is 0 Å². The van der Waals surface area contributed by atoms with E-state index in [0.29, 0.717) is 0 Å². The second kappa shape index (κ2) is 9.98. The molecule has 2 aliphatic carbocycles. The first-order chi connectivity index (χ1) is 26.1. The molecule has 1 aliphatic heterocycles. The molecule has 274 valence electrons. The van der Waals surface area contributed by atoms with E-state index in [0.717, 1.165) is 12.8 Å². The van der Waals surface area contributed by atoms with Crippen LogP contribution in [0.4, 0.5) is 0 Å². The van der Waals surface area contributed by atoms with Gasteiger partial charge in [-0.15, -0.1) is 0 Å². The maximum absolute atomic E-state index is 4.98. The Balaban J connectivity index is 1.28. The Hall–Kier alpha value is -5.15. The van der Waals surface area contributed by atoms with Crippen molar-refractivity contribution in [2.75, 3.05) is 0 Å². The van der Waals surface area contributed by atoms with Crippen LogP contribution in [0.1, 0.15) is 110 Å². The topological polar surface area (TPSA) is 13.2 Å². The van der Waals surface area contributed by atoms with Crippen molar-refractivity contribution in [3.05, 3.63) is 132 Å². The minimum atomic E-state index is -0.230. The van der Waals surface area contributed by atoms with Crippen molar-refractivity contribution in [1.29, 1.82) is 0 Å². The monoisotopic (exact) mass is 718 g/mol. The minimum absolute atomic E-state index is 0.0151. The van der Waals surface area contributed by atoms with Crippen LogP contribution in [-0.2, 0) is 21.8 Å². The third kappa shape index (κ3) is 3.51. The molecule has 0 amide bonds. The molecule has 0 bridgehead atoms. The number of benzene rings is 5. The number of rotatable bonds is 3. The molecule has 0 spiro atoms. The van der Waals surface area contributed by atoms with Crippen molar-refractivity contribution < 1.29 is 4.57 Å². The first-order valence-corrected chi connectivity index (χ1v) is 20.5. The molecule has 0 atom stereocenters. The van der Waals surface area contributed by atoms with Crippen LogP contribution in [0.5, 0.6) is 0 Å². The molecule has 4 heterocycles. The van der Waals surface area contributed by atoms with E-state index < -0.39 is 0 Å². The van der Waals surface area contributed by atoms with Crippen molar-refractivity contribution in [1.82, 2.24) is 8.97 Å². The number of imidazole rings is 1. The molecule has 3 heteroatoms. The normalized spacial score (nSPS) is 19.3. The molecule has 11 rings (SSSR count). The summed E-state index contributed by atoms with van der Waals surface area (Å²) in [6, 6.07) is 35.3. The highest BCUT2D eigenvalue weighted by Gasteiger charge is 2.58. The van der Waals surface area contributed by atoms with Gasteiger partial charge in [0.25, 0.3) is 5.65 Å². The fraction of sp³-hybridized carbons (Fsp3) is 0.327. The zero-order chi connectivity index (χ0) is 38.4. The van der Waals surface area contributed by atoms with Gasteiger partial charge in [0.15, 0.2) is 11.0 Å². The average Bonchev–Trinajstić information content (AvgIpc) is 3.79. The van der Waals surface area contributed by atoms with Gasteiger partial charge in [0, 0.05) is 27.1 Å². The lowest BCUT2D eigenvalue weighted by Crippen LogP contribution is -2.57. The van der Waals surface area contributed by atoms with Gasteiger partial charge in [0.2, 0.25) is 0 Å². The Labute approximate surface area is 324 Å². The summed E-state index contributed by atoms with van der Waals surface area (Å²) in [5.41, 5.74) is 18.5. The van der Waals surface area contributed by atoms with Gasteiger partial charge >= 0.3 is 0 Å². The van der Waals surface area contributed by atoms with Gasteiger partial charge in [-0.05, 0) is 110 Å². The van der Waals surface area contributed by atoms with Gasteiger partial charge in [0.1, 0.15) is 5.54 Å². The molecule has 8 aromatic rings. The first-order valence-electron chi connectivity index (χ1n) is 20.5. The summed E-state index contributed by atoms with van der Waals surface area (Å²) < 4.78 is 7.79. The number of nitrogens with zero attached hydrogens (tertiary/aromatic N) is 3. The molecule has 3 aliphatic rings. The third-order valence-corrected chi connectivity index (χ3v) is 16.5. The summed E-state index contributed by atoms with van der Waals surface area (Å²) in [5.74, 6) is 0. The van der Waals surface area contributed by atoms with Gasteiger partial charge in [-0.25, -0.2) is 4.57 Å². The van der Waals surface area contributed by atoms with E-state index in [-0.39, 0.29) is 27.2 Å². The first kappa shape index (κ1) is 33.2. The molecule has 3 nitrogen and oxygen atoms in total. The zero-order valence-corrected chi connectivity index (χ0v) is 34.2. The van der Waals surface area contributed by atoms with E-state index in [4.69, 9.17) is 6.58 Å². The number of para-hydroxylation sites is 1. The predicted molar refractivity (Wildman–Crippen MR) is 232 cm³/mol. The van der Waals surface area contributed by atoms with Crippen LogP contribution in [0.15, 0.2) is 104 Å². The molecular weight excluding hydrogens is 667 g/mol. The average molecular weight is 719 g/mol. The maximum atomic E-state index is 4.98. The van der Waals surface area contributed by atoms with Crippen LogP contribution in [0.25, 0.3) is 71.6 Å². The van der Waals surface area contributed by atoms with Crippen LogP contribution in [-0.4, -0.2) is 8.97 Å². The summed E-state index contributed by atoms with van der Waals surface area (Å²) in [6.07, 6.45) is 4.32. The molecule has 0 saturated heterocycles. The Morgan fingerprint density at radius 3 is 2.00 bits per heavy atom. The van der Waals surface area contributed by atoms with Crippen molar-refractivity contribution in [2.45, 2.75) is 104 Å². The smallest absolute Gasteiger partial charge is 0.296 e. The van der Waals surface area contributed by atoms with Gasteiger partial charge < -0.3 is 4.57 Å². The molecule has 0 N–H and O–H groups in total. The van der Waals surface area contributed by atoms with Crippen molar-refractivity contribution >= 4 is 54.8 Å². The summed E-state index contributed by atoms with van der Waals surface area (Å²) in [5, 5.41) is 5.17. The van der Waals surface area contributed by atoms with Gasteiger partial charge in [-0.3, -0.25) is 0 Å². The molecule has 0 fully saturated rings. The fourth-order valence-electron chi connectivity index (χ4n) is 12.0.